The van der Waals surface area contributed by atoms with Gasteiger partial charge in [0.15, 0.2) is 0 Å². The molecule has 0 aromatic heterocycles. The second kappa shape index (κ2) is 44.0. The molecule has 0 unspecified atom stereocenters. The number of rotatable bonds is 41. The number of carbonyl (C=O) groups is 1. The smallest absolute Gasteiger partial charge is 0.305 e. The molecule has 2 nitrogen and oxygen atoms in total. The van der Waals surface area contributed by atoms with Crippen molar-refractivity contribution in [2.45, 2.75) is 258 Å². The van der Waals surface area contributed by atoms with Crippen molar-refractivity contribution in [1.29, 1.82) is 0 Å². The van der Waals surface area contributed by atoms with Crippen LogP contribution < -0.4 is 0 Å². The van der Waals surface area contributed by atoms with E-state index in [4.69, 9.17) is 4.74 Å². The van der Waals surface area contributed by atoms with Gasteiger partial charge in [0.05, 0.1) is 6.61 Å². The van der Waals surface area contributed by atoms with Gasteiger partial charge in [0.1, 0.15) is 0 Å². The van der Waals surface area contributed by atoms with E-state index in [1.54, 1.807) is 0 Å². The predicted molar refractivity (Wildman–Crippen MR) is 216 cm³/mol. The van der Waals surface area contributed by atoms with Crippen LogP contribution in [0.5, 0.6) is 0 Å². The van der Waals surface area contributed by atoms with Crippen molar-refractivity contribution in [1.82, 2.24) is 0 Å². The lowest BCUT2D eigenvalue weighted by molar-refractivity contribution is -0.143. The second-order valence-electron chi connectivity index (χ2n) is 15.0. The molecule has 0 saturated heterocycles. The zero-order chi connectivity index (χ0) is 34.7. The van der Waals surface area contributed by atoms with Crippen molar-refractivity contribution in [2.75, 3.05) is 6.61 Å². The van der Waals surface area contributed by atoms with Gasteiger partial charge in [0.2, 0.25) is 0 Å². The van der Waals surface area contributed by atoms with Gasteiger partial charge in [0.25, 0.3) is 0 Å². The van der Waals surface area contributed by atoms with Gasteiger partial charge in [0, 0.05) is 6.42 Å². The van der Waals surface area contributed by atoms with Gasteiger partial charge in [-0.15, -0.1) is 0 Å². The quantitative estimate of drug-likeness (QED) is 0.0367. The van der Waals surface area contributed by atoms with Crippen LogP contribution in [0.1, 0.15) is 258 Å². The molecule has 0 aromatic rings. The monoisotopic (exact) mass is 673 g/mol. The van der Waals surface area contributed by atoms with Crippen LogP contribution in [0.3, 0.4) is 0 Å². The second-order valence-corrected chi connectivity index (χ2v) is 15.0. The summed E-state index contributed by atoms with van der Waals surface area (Å²) in [5, 5.41) is 0. The van der Waals surface area contributed by atoms with Gasteiger partial charge in [-0.05, 0) is 44.9 Å². The summed E-state index contributed by atoms with van der Waals surface area (Å²) in [6.45, 7) is 5.18. The maximum Gasteiger partial charge on any atom is 0.305 e. The van der Waals surface area contributed by atoms with E-state index in [-0.39, 0.29) is 5.97 Å². The molecule has 284 valence electrons. The molecule has 0 N–H and O–H groups in total. The maximum atomic E-state index is 12.0. The summed E-state index contributed by atoms with van der Waals surface area (Å²) in [5.74, 6) is 0.0201. The highest BCUT2D eigenvalue weighted by atomic mass is 16.5. The van der Waals surface area contributed by atoms with Crippen molar-refractivity contribution in [2.24, 2.45) is 0 Å². The van der Waals surface area contributed by atoms with Crippen LogP contribution in [0.25, 0.3) is 0 Å². The fourth-order valence-electron chi connectivity index (χ4n) is 6.76. The number of hydrogen-bond acceptors (Lipinski definition) is 2. The number of esters is 1. The molecule has 0 radical (unpaired) electrons. The molecule has 48 heavy (non-hydrogen) atoms. The summed E-state index contributed by atoms with van der Waals surface area (Å²) in [6.07, 6.45) is 60.0. The Hall–Kier alpha value is -1.05. The zero-order valence-electron chi connectivity index (χ0n) is 33.2. The Morgan fingerprint density at radius 1 is 0.354 bits per heavy atom. The fourth-order valence-corrected chi connectivity index (χ4v) is 6.76. The molecule has 0 bridgehead atoms. The highest BCUT2D eigenvalue weighted by Gasteiger charge is 2.03. The maximum absolute atomic E-state index is 12.0. The first-order chi connectivity index (χ1) is 23.8. The predicted octanol–water partition coefficient (Wildman–Crippen LogP) is 16.5. The Morgan fingerprint density at radius 3 is 1.04 bits per heavy atom. The fraction of sp³-hybridized carbons (Fsp3) is 0.891. The minimum atomic E-state index is 0.0201. The molecule has 0 aliphatic heterocycles. The van der Waals surface area contributed by atoms with Crippen LogP contribution in [-0.2, 0) is 9.53 Å². The van der Waals surface area contributed by atoms with E-state index in [2.05, 4.69) is 38.2 Å². The molecule has 0 heterocycles. The Kier molecular flexibility index (Phi) is 43.0. The molecule has 2 heteroatoms. The lowest BCUT2D eigenvalue weighted by atomic mass is 10.0. The number of allylic oxidation sites excluding steroid dienone is 4. The molecule has 0 spiro atoms. The van der Waals surface area contributed by atoms with Crippen LogP contribution in [0.2, 0.25) is 0 Å². The normalized spacial score (nSPS) is 11.8. The standard InChI is InChI=1S/C46H88O2/c1-3-5-7-9-11-13-15-17-19-21-22-23-24-25-26-27-28-29-30-32-34-36-38-40-42-44-46(47)48-45-43-41-39-37-35-33-31-20-18-16-14-12-10-8-6-4-2/h12,14,18,20H,3-11,13,15-17,19,21-45H2,1-2H3/b14-12-,20-18-. The summed E-state index contributed by atoms with van der Waals surface area (Å²) >= 11 is 0. The topological polar surface area (TPSA) is 26.3 Å². The van der Waals surface area contributed by atoms with Crippen molar-refractivity contribution < 1.29 is 9.53 Å². The number of unbranched alkanes of at least 4 members (excludes halogenated alkanes) is 33. The van der Waals surface area contributed by atoms with E-state index in [1.165, 1.54) is 218 Å². The van der Waals surface area contributed by atoms with Crippen LogP contribution in [0, 0.1) is 0 Å². The van der Waals surface area contributed by atoms with Gasteiger partial charge in [-0.3, -0.25) is 4.79 Å². The zero-order valence-corrected chi connectivity index (χ0v) is 33.2. The van der Waals surface area contributed by atoms with Gasteiger partial charge in [-0.25, -0.2) is 0 Å². The van der Waals surface area contributed by atoms with Crippen LogP contribution in [0.4, 0.5) is 0 Å². The van der Waals surface area contributed by atoms with E-state index < -0.39 is 0 Å². The Bertz CT molecular complexity index is 650. The summed E-state index contributed by atoms with van der Waals surface area (Å²) in [7, 11) is 0. The first kappa shape index (κ1) is 47.0. The first-order valence-corrected chi connectivity index (χ1v) is 22.3. The van der Waals surface area contributed by atoms with Crippen molar-refractivity contribution in [3.63, 3.8) is 0 Å². The number of ether oxygens (including phenoxy) is 1. The molecule has 0 rings (SSSR count). The van der Waals surface area contributed by atoms with Crippen LogP contribution in [-0.4, -0.2) is 12.6 Å². The molecule has 0 aromatic carbocycles. The van der Waals surface area contributed by atoms with E-state index in [0.29, 0.717) is 13.0 Å². The molecule has 0 amide bonds. The Labute approximate surface area is 303 Å². The molecule has 0 saturated carbocycles. The number of carbonyl (C=O) groups excluding carboxylic acids is 1. The SMILES string of the molecule is CCCCC/C=C\C/C=C\CCCCCCCCOC(=O)CCCCCCCCCCCCCCCCCCCCCCCCCCC. The summed E-state index contributed by atoms with van der Waals surface area (Å²) in [5.41, 5.74) is 0. The first-order valence-electron chi connectivity index (χ1n) is 22.3. The van der Waals surface area contributed by atoms with Crippen LogP contribution >= 0.6 is 0 Å². The van der Waals surface area contributed by atoms with Gasteiger partial charge in [-0.2, -0.15) is 0 Å². The largest absolute Gasteiger partial charge is 0.466 e. The van der Waals surface area contributed by atoms with E-state index in [9.17, 15) is 4.79 Å². The molecular formula is C46H88O2. The highest BCUT2D eigenvalue weighted by molar-refractivity contribution is 5.69. The molecule has 0 fully saturated rings. The van der Waals surface area contributed by atoms with Crippen molar-refractivity contribution >= 4 is 5.97 Å². The summed E-state index contributed by atoms with van der Waals surface area (Å²) < 4.78 is 5.46. The van der Waals surface area contributed by atoms with Crippen molar-refractivity contribution in [3.8, 4) is 0 Å². The van der Waals surface area contributed by atoms with E-state index in [1.807, 2.05) is 0 Å². The summed E-state index contributed by atoms with van der Waals surface area (Å²) in [4.78, 5) is 12.0. The molecule has 0 aliphatic carbocycles. The highest BCUT2D eigenvalue weighted by Crippen LogP contribution is 2.16. The van der Waals surface area contributed by atoms with Gasteiger partial charge in [-0.1, -0.05) is 231 Å². The Morgan fingerprint density at radius 2 is 0.646 bits per heavy atom. The van der Waals surface area contributed by atoms with Gasteiger partial charge >= 0.3 is 5.97 Å². The van der Waals surface area contributed by atoms with Crippen molar-refractivity contribution in [3.05, 3.63) is 24.3 Å². The minimum Gasteiger partial charge on any atom is -0.466 e. The average Bonchev–Trinajstić information content (AvgIpc) is 3.09. The minimum absolute atomic E-state index is 0.0201. The number of hydrogen-bond donors (Lipinski definition) is 0. The van der Waals surface area contributed by atoms with E-state index >= 15 is 0 Å². The molecule has 0 aliphatic rings. The lowest BCUT2D eigenvalue weighted by Crippen LogP contribution is -2.05. The van der Waals surface area contributed by atoms with Crippen LogP contribution in [0.15, 0.2) is 24.3 Å². The third kappa shape index (κ3) is 43.0. The molecule has 0 atom stereocenters. The average molecular weight is 673 g/mol. The van der Waals surface area contributed by atoms with Gasteiger partial charge < -0.3 is 4.74 Å². The van der Waals surface area contributed by atoms with E-state index in [0.717, 1.165) is 19.3 Å². The third-order valence-corrected chi connectivity index (χ3v) is 10.1. The molecular weight excluding hydrogens is 585 g/mol. The Balaban J connectivity index is 3.18. The third-order valence-electron chi connectivity index (χ3n) is 10.1. The summed E-state index contributed by atoms with van der Waals surface area (Å²) in [6, 6.07) is 0. The lowest BCUT2D eigenvalue weighted by Gasteiger charge is -2.06.